The Labute approximate surface area is 115 Å². The van der Waals surface area contributed by atoms with Crippen LogP contribution in [0, 0.1) is 5.82 Å². The molecule has 1 heterocycles. The van der Waals surface area contributed by atoms with E-state index in [1.165, 1.54) is 17.0 Å². The molecule has 100 valence electrons. The van der Waals surface area contributed by atoms with E-state index in [0.717, 1.165) is 6.42 Å². The maximum Gasteiger partial charge on any atom is 0.257 e. The van der Waals surface area contributed by atoms with Crippen LogP contribution >= 0.6 is 11.3 Å². The monoisotopic (exact) mass is 279 g/mol. The van der Waals surface area contributed by atoms with Crippen molar-refractivity contribution in [3.8, 4) is 5.75 Å². The van der Waals surface area contributed by atoms with E-state index in [1.807, 2.05) is 17.5 Å². The summed E-state index contributed by atoms with van der Waals surface area (Å²) in [6.45, 7) is 0.472. The molecule has 1 aromatic heterocycles. The van der Waals surface area contributed by atoms with E-state index in [4.69, 9.17) is 4.74 Å². The molecule has 2 rings (SSSR count). The molecule has 0 aliphatic rings. The van der Waals surface area contributed by atoms with Gasteiger partial charge >= 0.3 is 0 Å². The fraction of sp³-hybridized carbons (Fsp3) is 0.214. The topological polar surface area (TPSA) is 38.3 Å². The summed E-state index contributed by atoms with van der Waals surface area (Å²) in [5, 5.41) is 4.76. The molecule has 0 fully saturated rings. The van der Waals surface area contributed by atoms with Gasteiger partial charge in [-0.2, -0.15) is 0 Å². The largest absolute Gasteiger partial charge is 0.484 e. The van der Waals surface area contributed by atoms with Crippen molar-refractivity contribution in [3.05, 3.63) is 52.5 Å². The molecule has 1 aromatic carbocycles. The molecular weight excluding hydrogens is 265 g/mol. The number of hydrogen-bond acceptors (Lipinski definition) is 3. The standard InChI is InChI=1S/C14H14FNO2S/c15-11-3-1-4-12(9-11)18-10-14(17)16-7-6-13-5-2-8-19-13/h1-5,8-9H,6-7,10H2,(H,16,17). The van der Waals surface area contributed by atoms with E-state index in [0.29, 0.717) is 12.3 Å². The maximum atomic E-state index is 12.9. The van der Waals surface area contributed by atoms with Gasteiger partial charge < -0.3 is 10.1 Å². The van der Waals surface area contributed by atoms with E-state index in [-0.39, 0.29) is 18.3 Å². The van der Waals surface area contributed by atoms with Crippen molar-refractivity contribution in [2.24, 2.45) is 0 Å². The van der Waals surface area contributed by atoms with Gasteiger partial charge in [0.1, 0.15) is 11.6 Å². The third kappa shape index (κ3) is 4.71. The zero-order valence-corrected chi connectivity index (χ0v) is 11.1. The van der Waals surface area contributed by atoms with Crippen molar-refractivity contribution in [2.75, 3.05) is 13.2 Å². The van der Waals surface area contributed by atoms with Crippen molar-refractivity contribution in [2.45, 2.75) is 6.42 Å². The molecule has 1 N–H and O–H groups in total. The first-order chi connectivity index (χ1) is 9.24. The summed E-state index contributed by atoms with van der Waals surface area (Å²) in [5.41, 5.74) is 0. The van der Waals surface area contributed by atoms with Crippen LogP contribution in [0.25, 0.3) is 0 Å². The van der Waals surface area contributed by atoms with Gasteiger partial charge in [0.05, 0.1) is 0 Å². The van der Waals surface area contributed by atoms with Crippen LogP contribution in [-0.2, 0) is 11.2 Å². The Bertz CT molecular complexity index is 528. The quantitative estimate of drug-likeness (QED) is 0.882. The fourth-order valence-corrected chi connectivity index (χ4v) is 2.25. The van der Waals surface area contributed by atoms with Gasteiger partial charge in [-0.3, -0.25) is 4.79 Å². The molecule has 3 nitrogen and oxygen atoms in total. The molecule has 1 amide bonds. The fourth-order valence-electron chi connectivity index (χ4n) is 1.54. The molecule has 0 bridgehead atoms. The average molecular weight is 279 g/mol. The summed E-state index contributed by atoms with van der Waals surface area (Å²) in [4.78, 5) is 12.7. The summed E-state index contributed by atoms with van der Waals surface area (Å²) < 4.78 is 18.1. The molecule has 0 unspecified atom stereocenters. The van der Waals surface area contributed by atoms with E-state index in [9.17, 15) is 9.18 Å². The van der Waals surface area contributed by atoms with Crippen molar-refractivity contribution in [1.29, 1.82) is 0 Å². The van der Waals surface area contributed by atoms with Crippen LogP contribution in [0.3, 0.4) is 0 Å². The third-order valence-corrected chi connectivity index (χ3v) is 3.38. The Hall–Kier alpha value is -1.88. The molecule has 0 saturated heterocycles. The van der Waals surface area contributed by atoms with Crippen molar-refractivity contribution in [1.82, 2.24) is 5.32 Å². The second-order valence-electron chi connectivity index (χ2n) is 3.93. The number of halogens is 1. The van der Waals surface area contributed by atoms with Crippen molar-refractivity contribution >= 4 is 17.2 Å². The van der Waals surface area contributed by atoms with Gasteiger partial charge in [0.25, 0.3) is 5.91 Å². The highest BCUT2D eigenvalue weighted by Crippen LogP contribution is 2.11. The summed E-state index contributed by atoms with van der Waals surface area (Å²) in [6.07, 6.45) is 0.809. The molecule has 0 spiro atoms. The highest BCUT2D eigenvalue weighted by atomic mass is 32.1. The number of hydrogen-bond donors (Lipinski definition) is 1. The predicted octanol–water partition coefficient (Wildman–Crippen LogP) is 2.62. The lowest BCUT2D eigenvalue weighted by Gasteiger charge is -2.07. The SMILES string of the molecule is O=C(COc1cccc(F)c1)NCCc1cccs1. The lowest BCUT2D eigenvalue weighted by atomic mass is 10.3. The number of amides is 1. The van der Waals surface area contributed by atoms with Gasteiger partial charge in [-0.05, 0) is 30.0 Å². The number of rotatable bonds is 6. The van der Waals surface area contributed by atoms with Crippen LogP contribution in [0.15, 0.2) is 41.8 Å². The van der Waals surface area contributed by atoms with Crippen LogP contribution in [0.4, 0.5) is 4.39 Å². The minimum Gasteiger partial charge on any atom is -0.484 e. The molecule has 5 heteroatoms. The molecule has 0 aliphatic carbocycles. The van der Waals surface area contributed by atoms with Gasteiger partial charge in [-0.25, -0.2) is 4.39 Å². The van der Waals surface area contributed by atoms with Crippen LogP contribution < -0.4 is 10.1 Å². The Kier molecular flexibility index (Phi) is 4.92. The number of benzene rings is 1. The maximum absolute atomic E-state index is 12.9. The molecule has 0 atom stereocenters. The number of carbonyl (C=O) groups is 1. The summed E-state index contributed by atoms with van der Waals surface area (Å²) in [7, 11) is 0. The first kappa shape index (κ1) is 13.5. The molecule has 0 saturated carbocycles. The number of ether oxygens (including phenoxy) is 1. The van der Waals surface area contributed by atoms with Crippen LogP contribution in [0.5, 0.6) is 5.75 Å². The molecule has 2 aromatic rings. The Morgan fingerprint density at radius 2 is 2.21 bits per heavy atom. The van der Waals surface area contributed by atoms with Crippen LogP contribution in [0.1, 0.15) is 4.88 Å². The van der Waals surface area contributed by atoms with Gasteiger partial charge in [0, 0.05) is 17.5 Å². The van der Waals surface area contributed by atoms with E-state index >= 15 is 0 Å². The first-order valence-electron chi connectivity index (χ1n) is 5.91. The predicted molar refractivity (Wildman–Crippen MR) is 72.9 cm³/mol. The van der Waals surface area contributed by atoms with Gasteiger partial charge in [0.2, 0.25) is 0 Å². The lowest BCUT2D eigenvalue weighted by Crippen LogP contribution is -2.30. The third-order valence-electron chi connectivity index (χ3n) is 2.44. The highest BCUT2D eigenvalue weighted by Gasteiger charge is 2.03. The van der Waals surface area contributed by atoms with E-state index in [2.05, 4.69) is 5.32 Å². The number of thiophene rings is 1. The van der Waals surface area contributed by atoms with Crippen LogP contribution in [-0.4, -0.2) is 19.1 Å². The minimum absolute atomic E-state index is 0.103. The Morgan fingerprint density at radius 3 is 2.95 bits per heavy atom. The molecular formula is C14H14FNO2S. The smallest absolute Gasteiger partial charge is 0.257 e. The van der Waals surface area contributed by atoms with Crippen molar-refractivity contribution < 1.29 is 13.9 Å². The first-order valence-corrected chi connectivity index (χ1v) is 6.79. The second kappa shape index (κ2) is 6.89. The average Bonchev–Trinajstić information content (AvgIpc) is 2.90. The lowest BCUT2D eigenvalue weighted by molar-refractivity contribution is -0.123. The summed E-state index contributed by atoms with van der Waals surface area (Å²) >= 11 is 1.66. The molecule has 0 radical (unpaired) electrons. The minimum atomic E-state index is -0.379. The zero-order chi connectivity index (χ0) is 13.5. The van der Waals surface area contributed by atoms with Crippen LogP contribution in [0.2, 0.25) is 0 Å². The summed E-state index contributed by atoms with van der Waals surface area (Å²) in [6, 6.07) is 9.74. The van der Waals surface area contributed by atoms with Gasteiger partial charge in [0.15, 0.2) is 6.61 Å². The van der Waals surface area contributed by atoms with Gasteiger partial charge in [-0.1, -0.05) is 12.1 Å². The van der Waals surface area contributed by atoms with E-state index in [1.54, 1.807) is 23.5 Å². The van der Waals surface area contributed by atoms with E-state index < -0.39 is 0 Å². The highest BCUT2D eigenvalue weighted by molar-refractivity contribution is 7.09. The molecule has 0 aliphatic heterocycles. The number of nitrogens with one attached hydrogen (secondary N) is 1. The normalized spacial score (nSPS) is 10.2. The summed E-state index contributed by atoms with van der Waals surface area (Å²) in [5.74, 6) is -0.232. The van der Waals surface area contributed by atoms with Crippen molar-refractivity contribution in [3.63, 3.8) is 0 Å². The molecule has 19 heavy (non-hydrogen) atoms. The second-order valence-corrected chi connectivity index (χ2v) is 4.96. The Morgan fingerprint density at radius 1 is 1.32 bits per heavy atom. The zero-order valence-electron chi connectivity index (χ0n) is 10.3. The number of carbonyl (C=O) groups excluding carboxylic acids is 1. The Balaban J connectivity index is 1.67. The van der Waals surface area contributed by atoms with Gasteiger partial charge in [-0.15, -0.1) is 11.3 Å².